The van der Waals surface area contributed by atoms with Gasteiger partial charge in [0.05, 0.1) is 19.1 Å². The molecule has 0 aromatic heterocycles. The van der Waals surface area contributed by atoms with Gasteiger partial charge in [0.1, 0.15) is 0 Å². The molecule has 4 atom stereocenters. The Morgan fingerprint density at radius 1 is 1.43 bits per heavy atom. The maximum atomic E-state index is 11.3. The van der Waals surface area contributed by atoms with E-state index < -0.39 is 0 Å². The van der Waals surface area contributed by atoms with Gasteiger partial charge >= 0.3 is 5.97 Å². The van der Waals surface area contributed by atoms with Crippen LogP contribution in [0.3, 0.4) is 0 Å². The lowest BCUT2D eigenvalue weighted by Crippen LogP contribution is -2.06. The normalized spacial score (nSPS) is 43.0. The van der Waals surface area contributed by atoms with Gasteiger partial charge in [-0.3, -0.25) is 4.79 Å². The molecule has 0 heterocycles. The fourth-order valence-electron chi connectivity index (χ4n) is 2.50. The number of hydrogen-bond donors (Lipinski definition) is 1. The van der Waals surface area contributed by atoms with E-state index in [-0.39, 0.29) is 18.0 Å². The van der Waals surface area contributed by atoms with Crippen LogP contribution in [0.25, 0.3) is 0 Å². The topological polar surface area (TPSA) is 46.5 Å². The van der Waals surface area contributed by atoms with Crippen LogP contribution < -0.4 is 0 Å². The van der Waals surface area contributed by atoms with Gasteiger partial charge in [-0.2, -0.15) is 0 Å². The van der Waals surface area contributed by atoms with Crippen LogP contribution in [0.15, 0.2) is 12.2 Å². The van der Waals surface area contributed by atoms with Gasteiger partial charge in [-0.15, -0.1) is 0 Å². The molecule has 0 spiro atoms. The van der Waals surface area contributed by atoms with Gasteiger partial charge in [0.15, 0.2) is 0 Å². The summed E-state index contributed by atoms with van der Waals surface area (Å²) >= 11 is 0. The predicted molar refractivity (Wildman–Crippen MR) is 51.5 cm³/mol. The molecule has 0 aromatic rings. The number of aliphatic hydroxyl groups is 1. The fourth-order valence-corrected chi connectivity index (χ4v) is 2.50. The number of rotatable bonds is 1. The van der Waals surface area contributed by atoms with Crippen LogP contribution in [0.4, 0.5) is 0 Å². The minimum Gasteiger partial charge on any atom is -0.469 e. The second kappa shape index (κ2) is 3.73. The molecular weight excluding hydrogens is 180 g/mol. The van der Waals surface area contributed by atoms with E-state index in [0.717, 1.165) is 19.3 Å². The smallest absolute Gasteiger partial charge is 0.309 e. The van der Waals surface area contributed by atoms with Gasteiger partial charge in [0.2, 0.25) is 0 Å². The quantitative estimate of drug-likeness (QED) is 0.505. The van der Waals surface area contributed by atoms with E-state index in [1.54, 1.807) is 0 Å². The monoisotopic (exact) mass is 196 g/mol. The van der Waals surface area contributed by atoms with Crippen molar-refractivity contribution in [1.29, 1.82) is 0 Å². The number of esters is 1. The van der Waals surface area contributed by atoms with Crippen molar-refractivity contribution in [2.24, 2.45) is 17.8 Å². The third-order valence-electron chi connectivity index (χ3n) is 3.37. The van der Waals surface area contributed by atoms with Gasteiger partial charge in [-0.25, -0.2) is 0 Å². The summed E-state index contributed by atoms with van der Waals surface area (Å²) in [5.41, 5.74) is 0. The van der Waals surface area contributed by atoms with Crippen LogP contribution in [-0.4, -0.2) is 24.3 Å². The molecule has 78 valence electrons. The fraction of sp³-hybridized carbons (Fsp3) is 0.727. The van der Waals surface area contributed by atoms with Crippen molar-refractivity contribution in [2.75, 3.05) is 7.11 Å². The molecule has 0 aliphatic heterocycles. The van der Waals surface area contributed by atoms with E-state index >= 15 is 0 Å². The third kappa shape index (κ3) is 1.69. The SMILES string of the molecule is COC(=O)[C@H]1[C@@H]2C/C=C\[C@H](O)CC[C@@H]21. The van der Waals surface area contributed by atoms with Crippen LogP contribution in [0.1, 0.15) is 19.3 Å². The van der Waals surface area contributed by atoms with E-state index in [0.29, 0.717) is 11.8 Å². The summed E-state index contributed by atoms with van der Waals surface area (Å²) in [7, 11) is 1.44. The summed E-state index contributed by atoms with van der Waals surface area (Å²) in [4.78, 5) is 11.3. The highest BCUT2D eigenvalue weighted by molar-refractivity contribution is 5.76. The summed E-state index contributed by atoms with van der Waals surface area (Å²) in [6.45, 7) is 0. The Labute approximate surface area is 83.8 Å². The maximum absolute atomic E-state index is 11.3. The van der Waals surface area contributed by atoms with E-state index in [1.807, 2.05) is 12.2 Å². The second-order valence-electron chi connectivity index (χ2n) is 4.19. The van der Waals surface area contributed by atoms with Crippen LogP contribution >= 0.6 is 0 Å². The molecule has 0 radical (unpaired) electrons. The van der Waals surface area contributed by atoms with Crippen LogP contribution in [0.5, 0.6) is 0 Å². The zero-order valence-corrected chi connectivity index (χ0v) is 8.35. The number of hydrogen-bond acceptors (Lipinski definition) is 3. The summed E-state index contributed by atoms with van der Waals surface area (Å²) < 4.78 is 4.75. The minimum atomic E-state index is -0.324. The molecule has 2 aliphatic rings. The summed E-state index contributed by atoms with van der Waals surface area (Å²) in [6.07, 6.45) is 6.12. The average molecular weight is 196 g/mol. The first-order valence-electron chi connectivity index (χ1n) is 5.16. The lowest BCUT2D eigenvalue weighted by molar-refractivity contribution is -0.142. The van der Waals surface area contributed by atoms with Crippen molar-refractivity contribution in [3.8, 4) is 0 Å². The number of fused-ring (bicyclic) bond motifs is 1. The Morgan fingerprint density at radius 3 is 2.93 bits per heavy atom. The van der Waals surface area contributed by atoms with Gasteiger partial charge in [0, 0.05) is 0 Å². The van der Waals surface area contributed by atoms with Crippen molar-refractivity contribution in [3.05, 3.63) is 12.2 Å². The Bertz CT molecular complexity index is 259. The number of carbonyl (C=O) groups is 1. The molecule has 0 saturated heterocycles. The molecule has 0 bridgehead atoms. The molecule has 14 heavy (non-hydrogen) atoms. The lowest BCUT2D eigenvalue weighted by atomic mass is 10.0. The van der Waals surface area contributed by atoms with Crippen molar-refractivity contribution >= 4 is 5.97 Å². The largest absolute Gasteiger partial charge is 0.469 e. The first-order chi connectivity index (χ1) is 6.74. The summed E-state index contributed by atoms with van der Waals surface area (Å²) in [5.74, 6) is 0.924. The lowest BCUT2D eigenvalue weighted by Gasteiger charge is -2.07. The molecule has 2 rings (SSSR count). The maximum Gasteiger partial charge on any atom is 0.309 e. The third-order valence-corrected chi connectivity index (χ3v) is 3.37. The van der Waals surface area contributed by atoms with Crippen molar-refractivity contribution < 1.29 is 14.6 Å². The molecule has 1 fully saturated rings. The zero-order chi connectivity index (χ0) is 10.1. The molecule has 1 saturated carbocycles. The van der Waals surface area contributed by atoms with Gasteiger partial charge in [0.25, 0.3) is 0 Å². The highest BCUT2D eigenvalue weighted by Crippen LogP contribution is 2.53. The van der Waals surface area contributed by atoms with Crippen LogP contribution in [-0.2, 0) is 9.53 Å². The molecular formula is C11H16O3. The van der Waals surface area contributed by atoms with E-state index in [1.165, 1.54) is 7.11 Å². The van der Waals surface area contributed by atoms with Crippen molar-refractivity contribution in [2.45, 2.75) is 25.4 Å². The zero-order valence-electron chi connectivity index (χ0n) is 8.35. The molecule has 0 unspecified atom stereocenters. The number of methoxy groups -OCH3 is 1. The second-order valence-corrected chi connectivity index (χ2v) is 4.19. The molecule has 0 aromatic carbocycles. The van der Waals surface area contributed by atoms with Gasteiger partial charge in [-0.05, 0) is 31.1 Å². The summed E-state index contributed by atoms with van der Waals surface area (Å²) in [5, 5.41) is 9.43. The number of ether oxygens (including phenoxy) is 1. The Hall–Kier alpha value is -0.830. The predicted octanol–water partition coefficient (Wildman–Crippen LogP) is 1.12. The Kier molecular flexibility index (Phi) is 2.59. The molecule has 3 heteroatoms. The Balaban J connectivity index is 1.98. The van der Waals surface area contributed by atoms with Crippen molar-refractivity contribution in [3.63, 3.8) is 0 Å². The van der Waals surface area contributed by atoms with Gasteiger partial charge in [-0.1, -0.05) is 12.2 Å². The average Bonchev–Trinajstić information content (AvgIpc) is 2.83. The molecule has 0 amide bonds. The van der Waals surface area contributed by atoms with E-state index in [9.17, 15) is 9.90 Å². The molecule has 2 aliphatic carbocycles. The van der Waals surface area contributed by atoms with Crippen molar-refractivity contribution in [1.82, 2.24) is 0 Å². The number of carbonyl (C=O) groups excluding carboxylic acids is 1. The van der Waals surface area contributed by atoms with Crippen LogP contribution in [0, 0.1) is 17.8 Å². The first-order valence-corrected chi connectivity index (χ1v) is 5.16. The number of aliphatic hydroxyl groups excluding tert-OH is 1. The highest BCUT2D eigenvalue weighted by atomic mass is 16.5. The van der Waals surface area contributed by atoms with Crippen LogP contribution in [0.2, 0.25) is 0 Å². The molecule has 1 N–H and O–H groups in total. The van der Waals surface area contributed by atoms with Gasteiger partial charge < -0.3 is 9.84 Å². The molecule has 3 nitrogen and oxygen atoms in total. The highest BCUT2D eigenvalue weighted by Gasteiger charge is 2.54. The minimum absolute atomic E-state index is 0.0789. The first kappa shape index (κ1) is 9.71. The number of allylic oxidation sites excluding steroid dienone is 1. The standard InChI is InChI=1S/C11H16O3/c1-14-11(13)10-8-4-2-3-7(12)5-6-9(8)10/h2-3,7-10,12H,4-6H2,1H3/b3-2-/t7-,8+,9-,10-/m0/s1. The summed E-state index contributed by atoms with van der Waals surface area (Å²) in [6, 6.07) is 0. The van der Waals surface area contributed by atoms with E-state index in [2.05, 4.69) is 0 Å². The van der Waals surface area contributed by atoms with E-state index in [4.69, 9.17) is 4.74 Å². The Morgan fingerprint density at radius 2 is 2.21 bits per heavy atom.